The largest absolute Gasteiger partial charge is 0.465 e. The van der Waals surface area contributed by atoms with Crippen molar-refractivity contribution < 1.29 is 71.6 Å². The quantitative estimate of drug-likeness (QED) is 0.0367. The number of carbonyl (C=O) groups is 9. The van der Waals surface area contributed by atoms with E-state index in [1.54, 1.807) is 0 Å². The third-order valence-electron chi connectivity index (χ3n) is 11.3. The molecule has 12 N–H and O–H groups in total. The molecular weight excluding hydrogens is 943 g/mol. The number of hydrogen-bond acceptors (Lipinski definition) is 18. The Morgan fingerprint density at radius 3 is 0.722 bits per heavy atom. The second-order valence-corrected chi connectivity index (χ2v) is 15.3. The summed E-state index contributed by atoms with van der Waals surface area (Å²) < 4.78 is 28.8. The number of hydrogen-bond donors (Lipinski definition) is 9. The van der Waals surface area contributed by atoms with E-state index in [1.165, 1.54) is 36.4 Å². The fourth-order valence-electron chi connectivity index (χ4n) is 7.87. The second-order valence-electron chi connectivity index (χ2n) is 15.3. The van der Waals surface area contributed by atoms with Gasteiger partial charge in [0.2, 0.25) is 0 Å². The van der Waals surface area contributed by atoms with Crippen LogP contribution in [0.25, 0.3) is 0 Å². The van der Waals surface area contributed by atoms with Crippen molar-refractivity contribution in [3.05, 3.63) is 103 Å². The van der Waals surface area contributed by atoms with Gasteiger partial charge in [-0.25, -0.2) is 43.2 Å². The summed E-state index contributed by atoms with van der Waals surface area (Å²) in [6, 6.07) is 4.72. The smallest absolute Gasteiger partial charge is 0.338 e. The van der Waals surface area contributed by atoms with E-state index in [4.69, 9.17) is 45.6 Å². The standard InChI is InChI=1S/C48H57N9O15/c1-10-22-31(19-52-46(64)55-37-16-28(43(61)70-7)25(13-34(37)49)40(58)67-4)23(11-2)33(21-54-48(66)57-39-18-30(45(63)72-9)27(15-36(39)51)42(60)69-6)24(12-3)32(22)20-53-47(65)56-38-17-29(44(62)71-8)26(14-35(38)50)41(59)68-5/h13-18H,10-12,19-21,49-51H2,1-9H3,(H2,52,55,64)(H2,53,56,65)(H2,54,57,66). The molecule has 0 spiro atoms. The fraction of sp³-hybridized carbons (Fsp3) is 0.312. The summed E-state index contributed by atoms with van der Waals surface area (Å²) in [6.07, 6.45) is 1.14. The number of nitrogens with one attached hydrogen (secondary N) is 6. The number of esters is 6. The van der Waals surface area contributed by atoms with Gasteiger partial charge < -0.3 is 77.5 Å². The van der Waals surface area contributed by atoms with Crippen LogP contribution in [-0.4, -0.2) is 96.6 Å². The lowest BCUT2D eigenvalue weighted by atomic mass is 9.83. The van der Waals surface area contributed by atoms with E-state index in [1.807, 2.05) is 20.8 Å². The number of anilines is 6. The van der Waals surface area contributed by atoms with Crippen molar-refractivity contribution in [2.24, 2.45) is 0 Å². The topological polar surface area (TPSA) is 359 Å². The lowest BCUT2D eigenvalue weighted by molar-refractivity contribution is 0.0555. The van der Waals surface area contributed by atoms with Crippen molar-refractivity contribution >= 4 is 88.0 Å². The molecule has 0 aliphatic carbocycles. The van der Waals surface area contributed by atoms with Gasteiger partial charge in [0.1, 0.15) is 0 Å². The average Bonchev–Trinajstić information content (AvgIpc) is 3.38. The molecule has 384 valence electrons. The van der Waals surface area contributed by atoms with Gasteiger partial charge in [-0.3, -0.25) is 0 Å². The number of methoxy groups -OCH3 is 6. The molecule has 0 bridgehead atoms. The number of nitrogen functional groups attached to an aromatic ring is 3. The van der Waals surface area contributed by atoms with Gasteiger partial charge in [-0.05, 0) is 89.0 Å². The molecule has 6 amide bonds. The van der Waals surface area contributed by atoms with Crippen LogP contribution in [0.3, 0.4) is 0 Å². The van der Waals surface area contributed by atoms with E-state index in [2.05, 4.69) is 31.9 Å². The van der Waals surface area contributed by atoms with Crippen molar-refractivity contribution in [2.75, 3.05) is 75.8 Å². The van der Waals surface area contributed by atoms with Crippen molar-refractivity contribution in [3.63, 3.8) is 0 Å². The minimum atomic E-state index is -0.892. The van der Waals surface area contributed by atoms with Gasteiger partial charge in [0.15, 0.2) is 0 Å². The summed E-state index contributed by atoms with van der Waals surface area (Å²) in [6.45, 7) is 5.26. The normalized spacial score (nSPS) is 10.5. The van der Waals surface area contributed by atoms with Gasteiger partial charge in [0.25, 0.3) is 0 Å². The summed E-state index contributed by atoms with van der Waals surface area (Å²) in [5, 5.41) is 16.3. The fourth-order valence-corrected chi connectivity index (χ4v) is 7.87. The molecule has 72 heavy (non-hydrogen) atoms. The van der Waals surface area contributed by atoms with E-state index >= 15 is 0 Å². The molecular formula is C48H57N9O15. The van der Waals surface area contributed by atoms with Crippen molar-refractivity contribution in [3.8, 4) is 0 Å². The van der Waals surface area contributed by atoms with Crippen LogP contribution in [0, 0.1) is 0 Å². The van der Waals surface area contributed by atoms with Crippen LogP contribution < -0.4 is 49.1 Å². The molecule has 0 aliphatic rings. The molecule has 0 unspecified atom stereocenters. The Balaban J connectivity index is 1.78. The van der Waals surface area contributed by atoms with Crippen LogP contribution in [0.5, 0.6) is 0 Å². The molecule has 0 saturated carbocycles. The molecule has 0 aliphatic heterocycles. The summed E-state index contributed by atoms with van der Waals surface area (Å²) in [4.78, 5) is 116. The van der Waals surface area contributed by atoms with Gasteiger partial charge in [-0.15, -0.1) is 0 Å². The molecule has 0 saturated heterocycles. The first-order chi connectivity index (χ1) is 34.3. The molecule has 24 heteroatoms. The highest BCUT2D eigenvalue weighted by atomic mass is 16.5. The average molecular weight is 1000 g/mol. The zero-order valence-corrected chi connectivity index (χ0v) is 41.1. The van der Waals surface area contributed by atoms with Gasteiger partial charge in [0.05, 0.1) is 110 Å². The van der Waals surface area contributed by atoms with Crippen molar-refractivity contribution in [1.29, 1.82) is 0 Å². The maximum Gasteiger partial charge on any atom is 0.338 e. The monoisotopic (exact) mass is 999 g/mol. The van der Waals surface area contributed by atoms with Gasteiger partial charge in [-0.1, -0.05) is 20.8 Å². The van der Waals surface area contributed by atoms with Crippen molar-refractivity contribution in [2.45, 2.75) is 59.7 Å². The van der Waals surface area contributed by atoms with Crippen LogP contribution in [0.4, 0.5) is 48.5 Å². The number of carbonyl (C=O) groups excluding carboxylic acids is 9. The number of ether oxygens (including phenoxy) is 6. The lowest BCUT2D eigenvalue weighted by Gasteiger charge is -2.27. The minimum Gasteiger partial charge on any atom is -0.465 e. The first-order valence-electron chi connectivity index (χ1n) is 21.9. The Labute approximate surface area is 413 Å². The third-order valence-corrected chi connectivity index (χ3v) is 11.3. The maximum atomic E-state index is 13.7. The first-order valence-corrected chi connectivity index (χ1v) is 21.9. The molecule has 0 radical (unpaired) electrons. The Morgan fingerprint density at radius 2 is 0.542 bits per heavy atom. The van der Waals surface area contributed by atoms with E-state index in [9.17, 15) is 43.2 Å². The van der Waals surface area contributed by atoms with Crippen LogP contribution in [-0.2, 0) is 67.3 Å². The number of urea groups is 3. The highest BCUT2D eigenvalue weighted by Crippen LogP contribution is 2.33. The molecule has 0 atom stereocenters. The summed E-state index contributed by atoms with van der Waals surface area (Å²) in [5.74, 6) is -5.27. The molecule has 4 aromatic carbocycles. The Hall–Kier alpha value is -9.09. The zero-order valence-electron chi connectivity index (χ0n) is 41.1. The highest BCUT2D eigenvalue weighted by Gasteiger charge is 2.27. The van der Waals surface area contributed by atoms with Crippen LogP contribution in [0.2, 0.25) is 0 Å². The first kappa shape index (κ1) is 55.5. The molecule has 4 aromatic rings. The predicted octanol–water partition coefficient (Wildman–Crippen LogP) is 4.81. The number of amides is 6. The van der Waals surface area contributed by atoms with Gasteiger partial charge >= 0.3 is 53.9 Å². The number of nitrogens with two attached hydrogens (primary N) is 3. The van der Waals surface area contributed by atoms with Crippen LogP contribution >= 0.6 is 0 Å². The third kappa shape index (κ3) is 12.6. The number of rotatable bonds is 18. The maximum absolute atomic E-state index is 13.7. The lowest BCUT2D eigenvalue weighted by Crippen LogP contribution is -2.33. The summed E-state index contributed by atoms with van der Waals surface area (Å²) >= 11 is 0. The SMILES string of the molecule is CCc1c(CNC(=O)Nc2cc(C(=O)OC)c(C(=O)OC)cc2N)c(CC)c(CNC(=O)Nc2cc(C(=O)OC)c(C(=O)OC)cc2N)c(CC)c1CNC(=O)Nc1cc(C(=O)OC)c(C(=O)OC)cc1N. The highest BCUT2D eigenvalue weighted by molar-refractivity contribution is 6.09. The number of benzene rings is 4. The Bertz CT molecular complexity index is 2510. The van der Waals surface area contributed by atoms with Crippen molar-refractivity contribution in [1.82, 2.24) is 16.0 Å². The van der Waals surface area contributed by atoms with E-state index < -0.39 is 53.9 Å². The van der Waals surface area contributed by atoms with E-state index in [0.29, 0.717) is 36.0 Å². The van der Waals surface area contributed by atoms with Gasteiger partial charge in [-0.2, -0.15) is 0 Å². The molecule has 24 nitrogen and oxygen atoms in total. The summed E-state index contributed by atoms with van der Waals surface area (Å²) in [7, 11) is 6.70. The predicted molar refractivity (Wildman–Crippen MR) is 263 cm³/mol. The van der Waals surface area contributed by atoms with E-state index in [-0.39, 0.29) is 87.1 Å². The molecule has 0 aromatic heterocycles. The Kier molecular flexibility index (Phi) is 19.2. The second kappa shape index (κ2) is 25.0. The molecule has 0 fully saturated rings. The van der Waals surface area contributed by atoms with E-state index in [0.717, 1.165) is 59.3 Å². The Morgan fingerprint density at radius 1 is 0.347 bits per heavy atom. The molecule has 4 rings (SSSR count). The zero-order chi connectivity index (χ0) is 53.6. The summed E-state index contributed by atoms with van der Waals surface area (Å²) in [5.41, 5.74) is 21.2. The minimum absolute atomic E-state index is 0.0290. The molecule has 0 heterocycles. The van der Waals surface area contributed by atoms with Gasteiger partial charge in [0, 0.05) is 19.6 Å². The van der Waals surface area contributed by atoms with Crippen LogP contribution in [0.1, 0.15) is 116 Å². The van der Waals surface area contributed by atoms with Crippen LogP contribution in [0.15, 0.2) is 36.4 Å².